The van der Waals surface area contributed by atoms with Crippen LogP contribution in [-0.2, 0) is 4.79 Å². The molecule has 3 aromatic carbocycles. The highest BCUT2D eigenvalue weighted by atomic mass is 32.2. The molecule has 0 bridgehead atoms. The van der Waals surface area contributed by atoms with Gasteiger partial charge in [-0.2, -0.15) is 0 Å². The molecule has 4 aromatic rings. The minimum absolute atomic E-state index is 0.00535. The Bertz CT molecular complexity index is 1370. The van der Waals surface area contributed by atoms with Gasteiger partial charge in [0.1, 0.15) is 5.82 Å². The van der Waals surface area contributed by atoms with Crippen molar-refractivity contribution in [1.29, 1.82) is 0 Å². The molecule has 1 amide bonds. The van der Waals surface area contributed by atoms with E-state index in [0.29, 0.717) is 34.8 Å². The van der Waals surface area contributed by atoms with E-state index in [0.717, 1.165) is 18.8 Å². The van der Waals surface area contributed by atoms with Gasteiger partial charge in [0.25, 0.3) is 5.56 Å². The van der Waals surface area contributed by atoms with Crippen molar-refractivity contribution in [2.45, 2.75) is 5.16 Å². The van der Waals surface area contributed by atoms with Gasteiger partial charge in [-0.15, -0.1) is 0 Å². The summed E-state index contributed by atoms with van der Waals surface area (Å²) in [6.45, 7) is 2.83. The molecule has 5 rings (SSSR count). The Hall–Kier alpha value is -3.65. The topological polar surface area (TPSA) is 58.4 Å². The summed E-state index contributed by atoms with van der Waals surface area (Å²) < 4.78 is 14.9. The average molecular weight is 475 g/mol. The van der Waals surface area contributed by atoms with Gasteiger partial charge in [-0.25, -0.2) is 9.37 Å². The molecule has 8 heteroatoms. The van der Waals surface area contributed by atoms with Crippen molar-refractivity contribution in [1.82, 2.24) is 14.5 Å². The maximum absolute atomic E-state index is 13.5. The quantitative estimate of drug-likeness (QED) is 0.324. The first-order chi connectivity index (χ1) is 16.6. The molecule has 1 saturated heterocycles. The number of rotatable bonds is 5. The monoisotopic (exact) mass is 474 g/mol. The zero-order valence-electron chi connectivity index (χ0n) is 18.4. The van der Waals surface area contributed by atoms with Crippen LogP contribution in [0.15, 0.2) is 88.8 Å². The summed E-state index contributed by atoms with van der Waals surface area (Å²) in [5, 5.41) is 0.881. The summed E-state index contributed by atoms with van der Waals surface area (Å²) in [6.07, 6.45) is 0. The molecule has 1 aromatic heterocycles. The van der Waals surface area contributed by atoms with Crippen LogP contribution in [0.3, 0.4) is 0 Å². The number of carbonyl (C=O) groups excluding carboxylic acids is 1. The molecule has 34 heavy (non-hydrogen) atoms. The molecule has 2 heterocycles. The van der Waals surface area contributed by atoms with Gasteiger partial charge < -0.3 is 9.80 Å². The van der Waals surface area contributed by atoms with Crippen molar-refractivity contribution in [3.05, 3.63) is 95.0 Å². The van der Waals surface area contributed by atoms with Gasteiger partial charge in [0.05, 0.1) is 22.3 Å². The van der Waals surface area contributed by atoms with Crippen molar-refractivity contribution in [3.63, 3.8) is 0 Å². The molecule has 0 saturated carbocycles. The standard InChI is InChI=1S/C26H23FN4O2S/c27-19-10-12-21(13-11-19)31-25(33)22-8-4-5-9-23(22)28-26(31)34-18-24(32)30-16-14-29(15-17-30)20-6-2-1-3-7-20/h1-13H,14-18H2. The van der Waals surface area contributed by atoms with Crippen LogP contribution in [0, 0.1) is 5.82 Å². The van der Waals surface area contributed by atoms with Gasteiger partial charge in [-0.1, -0.05) is 42.1 Å². The number of amides is 1. The van der Waals surface area contributed by atoms with Crippen LogP contribution in [0.2, 0.25) is 0 Å². The lowest BCUT2D eigenvalue weighted by atomic mass is 10.2. The van der Waals surface area contributed by atoms with E-state index in [4.69, 9.17) is 0 Å². The number of carbonyl (C=O) groups is 1. The zero-order chi connectivity index (χ0) is 23.5. The summed E-state index contributed by atoms with van der Waals surface area (Å²) >= 11 is 1.23. The van der Waals surface area contributed by atoms with Crippen LogP contribution in [-0.4, -0.2) is 52.3 Å². The maximum Gasteiger partial charge on any atom is 0.266 e. The Kier molecular flexibility index (Phi) is 6.31. The molecule has 0 spiro atoms. The number of halogens is 1. The Morgan fingerprint density at radius 2 is 1.53 bits per heavy atom. The predicted octanol–water partition coefficient (Wildman–Crippen LogP) is 3.97. The molecule has 0 atom stereocenters. The minimum Gasteiger partial charge on any atom is -0.368 e. The first-order valence-corrected chi connectivity index (χ1v) is 12.1. The summed E-state index contributed by atoms with van der Waals surface area (Å²) in [7, 11) is 0. The van der Waals surface area contributed by atoms with Crippen LogP contribution in [0.25, 0.3) is 16.6 Å². The first-order valence-electron chi connectivity index (χ1n) is 11.1. The Morgan fingerprint density at radius 1 is 0.853 bits per heavy atom. The van der Waals surface area contributed by atoms with E-state index in [1.807, 2.05) is 29.2 Å². The van der Waals surface area contributed by atoms with Gasteiger partial charge in [0, 0.05) is 31.9 Å². The normalized spacial score (nSPS) is 13.9. The van der Waals surface area contributed by atoms with E-state index in [1.165, 1.54) is 28.5 Å². The van der Waals surface area contributed by atoms with Gasteiger partial charge in [0.15, 0.2) is 5.16 Å². The van der Waals surface area contributed by atoms with E-state index >= 15 is 0 Å². The second-order valence-electron chi connectivity index (χ2n) is 8.02. The van der Waals surface area contributed by atoms with E-state index in [-0.39, 0.29) is 23.0 Å². The molecule has 172 valence electrons. The third-order valence-electron chi connectivity index (χ3n) is 5.91. The molecular weight excluding hydrogens is 451 g/mol. The SMILES string of the molecule is O=C(CSc1nc2ccccc2c(=O)n1-c1ccc(F)cc1)N1CCN(c2ccccc2)CC1. The molecule has 1 aliphatic heterocycles. The summed E-state index contributed by atoms with van der Waals surface area (Å²) in [4.78, 5) is 35.0. The van der Waals surface area contributed by atoms with Crippen LogP contribution in [0.4, 0.5) is 10.1 Å². The molecule has 0 N–H and O–H groups in total. The maximum atomic E-state index is 13.5. The highest BCUT2D eigenvalue weighted by molar-refractivity contribution is 7.99. The van der Waals surface area contributed by atoms with Crippen molar-refractivity contribution >= 4 is 34.3 Å². The van der Waals surface area contributed by atoms with Crippen LogP contribution >= 0.6 is 11.8 Å². The molecule has 1 aliphatic rings. The molecular formula is C26H23FN4O2S. The lowest BCUT2D eigenvalue weighted by Gasteiger charge is -2.36. The zero-order valence-corrected chi connectivity index (χ0v) is 19.2. The summed E-state index contributed by atoms with van der Waals surface area (Å²) in [5.74, 6) is -0.215. The van der Waals surface area contributed by atoms with Gasteiger partial charge in [-0.3, -0.25) is 14.2 Å². The number of benzene rings is 3. The lowest BCUT2D eigenvalue weighted by molar-refractivity contribution is -0.128. The number of fused-ring (bicyclic) bond motifs is 1. The average Bonchev–Trinajstić information content (AvgIpc) is 2.89. The van der Waals surface area contributed by atoms with Crippen LogP contribution in [0.1, 0.15) is 0 Å². The van der Waals surface area contributed by atoms with Crippen molar-refractivity contribution < 1.29 is 9.18 Å². The fraction of sp³-hybridized carbons (Fsp3) is 0.192. The second-order valence-corrected chi connectivity index (χ2v) is 8.96. The van der Waals surface area contributed by atoms with E-state index in [2.05, 4.69) is 22.0 Å². The largest absolute Gasteiger partial charge is 0.368 e. The molecule has 1 fully saturated rings. The van der Waals surface area contributed by atoms with Crippen molar-refractivity contribution in [3.8, 4) is 5.69 Å². The first kappa shape index (κ1) is 22.2. The molecule has 0 radical (unpaired) electrons. The van der Waals surface area contributed by atoms with E-state index in [9.17, 15) is 14.0 Å². The van der Waals surface area contributed by atoms with Crippen molar-refractivity contribution in [2.24, 2.45) is 0 Å². The number of piperazine rings is 1. The Balaban J connectivity index is 1.34. The van der Waals surface area contributed by atoms with Crippen LogP contribution in [0.5, 0.6) is 0 Å². The number of hydrogen-bond donors (Lipinski definition) is 0. The van der Waals surface area contributed by atoms with Crippen LogP contribution < -0.4 is 10.5 Å². The van der Waals surface area contributed by atoms with Crippen molar-refractivity contribution in [2.75, 3.05) is 36.8 Å². The number of aromatic nitrogens is 2. The fourth-order valence-electron chi connectivity index (χ4n) is 4.10. The highest BCUT2D eigenvalue weighted by Crippen LogP contribution is 2.23. The minimum atomic E-state index is -0.385. The van der Waals surface area contributed by atoms with Gasteiger partial charge >= 0.3 is 0 Å². The van der Waals surface area contributed by atoms with E-state index < -0.39 is 0 Å². The Labute approximate surface area is 200 Å². The third-order valence-corrected chi connectivity index (χ3v) is 6.83. The smallest absolute Gasteiger partial charge is 0.266 e. The van der Waals surface area contributed by atoms with E-state index in [1.54, 1.807) is 30.3 Å². The predicted molar refractivity (Wildman–Crippen MR) is 133 cm³/mol. The third kappa shape index (κ3) is 4.54. The molecule has 0 aliphatic carbocycles. The summed E-state index contributed by atoms with van der Waals surface area (Å²) in [6, 6.07) is 23.0. The second kappa shape index (κ2) is 9.69. The summed E-state index contributed by atoms with van der Waals surface area (Å²) in [5.41, 5.74) is 1.99. The lowest BCUT2D eigenvalue weighted by Crippen LogP contribution is -2.49. The number of para-hydroxylation sites is 2. The van der Waals surface area contributed by atoms with Gasteiger partial charge in [-0.05, 0) is 48.5 Å². The van der Waals surface area contributed by atoms with Gasteiger partial charge in [0.2, 0.25) is 5.91 Å². The fourth-order valence-corrected chi connectivity index (χ4v) is 5.01. The molecule has 0 unspecified atom stereocenters. The Morgan fingerprint density at radius 3 is 2.26 bits per heavy atom. The number of nitrogens with zero attached hydrogens (tertiary/aromatic N) is 4. The highest BCUT2D eigenvalue weighted by Gasteiger charge is 2.22. The molecule has 6 nitrogen and oxygen atoms in total. The number of hydrogen-bond acceptors (Lipinski definition) is 5. The number of thioether (sulfide) groups is 1. The number of anilines is 1.